The molecule has 0 aromatic rings. The van der Waals surface area contributed by atoms with E-state index in [-0.39, 0.29) is 0 Å². The number of hydrogen-bond donors (Lipinski definition) is 1. The third-order valence-corrected chi connectivity index (χ3v) is 0.666. The Labute approximate surface area is 62.7 Å². The molecular weight excluding hydrogens is 191 g/mol. The molecule has 0 aromatic heterocycles. The molecule has 0 unspecified atom stereocenters. The summed E-state index contributed by atoms with van der Waals surface area (Å²) in [6.45, 7) is -2.30. The molecule has 0 fully saturated rings. The molecule has 0 saturated carbocycles. The molecule has 0 aliphatic carbocycles. The van der Waals surface area contributed by atoms with E-state index < -0.39 is 24.9 Å². The summed E-state index contributed by atoms with van der Waals surface area (Å²) in [5.74, 6) is -2.76. The van der Waals surface area contributed by atoms with Gasteiger partial charge in [-0.2, -0.15) is 22.0 Å². The van der Waals surface area contributed by atoms with Gasteiger partial charge in [-0.15, -0.1) is 0 Å². The molecule has 1 N–H and O–H groups in total. The highest BCUT2D eigenvalue weighted by atomic mass is 19.4. The van der Waals surface area contributed by atoms with Gasteiger partial charge in [0.1, 0.15) is 6.61 Å². The number of alkyl halides is 5. The fraction of sp³-hybridized carbons (Fsp3) is 0.750. The van der Waals surface area contributed by atoms with Gasteiger partial charge in [-0.1, -0.05) is 0 Å². The van der Waals surface area contributed by atoms with Crippen LogP contribution in [-0.2, 0) is 9.53 Å². The van der Waals surface area contributed by atoms with Crippen molar-refractivity contribution in [2.24, 2.45) is 0 Å². The number of ether oxygens (including phenoxy) is 1. The number of hydrogen-bond acceptors (Lipinski definition) is 2. The maximum atomic E-state index is 11.8. The van der Waals surface area contributed by atoms with Crippen LogP contribution in [0.15, 0.2) is 0 Å². The second-order valence-corrected chi connectivity index (χ2v) is 1.73. The van der Waals surface area contributed by atoms with Crippen LogP contribution >= 0.6 is 0 Å². The van der Waals surface area contributed by atoms with E-state index in [9.17, 15) is 26.7 Å². The first-order valence-electron chi connectivity index (χ1n) is 2.47. The van der Waals surface area contributed by atoms with Crippen LogP contribution in [0.1, 0.15) is 0 Å². The fourth-order valence-electron chi connectivity index (χ4n) is 0.234. The van der Waals surface area contributed by atoms with Gasteiger partial charge in [0.05, 0.1) is 0 Å². The van der Waals surface area contributed by atoms with Gasteiger partial charge in [0, 0.05) is 0 Å². The highest BCUT2D eigenvalue weighted by molar-refractivity contribution is 5.73. The summed E-state index contributed by atoms with van der Waals surface area (Å²) in [7, 11) is 0. The van der Waals surface area contributed by atoms with Gasteiger partial charge < -0.3 is 9.84 Å². The normalized spacial score (nSPS) is 13.1. The summed E-state index contributed by atoms with van der Waals surface area (Å²) < 4.78 is 59.9. The zero-order chi connectivity index (χ0) is 9.99. The summed E-state index contributed by atoms with van der Waals surface area (Å²) >= 11 is 0. The van der Waals surface area contributed by atoms with E-state index in [1.54, 1.807) is 0 Å². The highest BCUT2D eigenvalue weighted by Crippen LogP contribution is 2.21. The Hall–Kier alpha value is -0.920. The molecule has 0 rings (SSSR count). The molecule has 72 valence electrons. The summed E-state index contributed by atoms with van der Waals surface area (Å²) in [6, 6.07) is 0. The Kier molecular flexibility index (Phi) is 2.97. The third-order valence-electron chi connectivity index (χ3n) is 0.666. The number of carboxylic acids is 1. The van der Waals surface area contributed by atoms with Crippen LogP contribution in [0.25, 0.3) is 0 Å². The van der Waals surface area contributed by atoms with Gasteiger partial charge >= 0.3 is 18.3 Å². The predicted molar refractivity (Wildman–Crippen MR) is 24.6 cm³/mol. The predicted octanol–water partition coefficient (Wildman–Crippen LogP) is 1.24. The van der Waals surface area contributed by atoms with E-state index >= 15 is 0 Å². The van der Waals surface area contributed by atoms with Crippen LogP contribution in [0.3, 0.4) is 0 Å². The lowest BCUT2D eigenvalue weighted by Gasteiger charge is -2.12. The molecule has 0 atom stereocenters. The second-order valence-electron chi connectivity index (χ2n) is 1.73. The minimum atomic E-state index is -4.97. The van der Waals surface area contributed by atoms with Crippen molar-refractivity contribution < 1.29 is 36.6 Å². The smallest absolute Gasteiger partial charge is 0.456 e. The zero-order valence-corrected chi connectivity index (χ0v) is 5.36. The van der Waals surface area contributed by atoms with Crippen LogP contribution < -0.4 is 0 Å². The van der Waals surface area contributed by atoms with E-state index in [1.165, 1.54) is 0 Å². The van der Waals surface area contributed by atoms with Crippen LogP contribution in [0.5, 0.6) is 0 Å². The molecule has 0 radical (unpaired) electrons. The molecule has 0 heterocycles. The van der Waals surface area contributed by atoms with Crippen LogP contribution in [-0.4, -0.2) is 30.0 Å². The summed E-state index contributed by atoms with van der Waals surface area (Å²) in [6.07, 6.45) is -9.77. The van der Waals surface area contributed by atoms with Crippen LogP contribution in [0.4, 0.5) is 22.0 Å². The molecule has 12 heavy (non-hydrogen) atoms. The topological polar surface area (TPSA) is 46.5 Å². The lowest BCUT2D eigenvalue weighted by atomic mass is 10.6. The SMILES string of the molecule is O=C(O)C(F)(F)OCC(F)(F)F. The van der Waals surface area contributed by atoms with Crippen molar-refractivity contribution in [3.63, 3.8) is 0 Å². The average Bonchev–Trinajstić information content (AvgIpc) is 1.82. The van der Waals surface area contributed by atoms with Gasteiger partial charge in [-0.25, -0.2) is 4.79 Å². The maximum absolute atomic E-state index is 11.8. The van der Waals surface area contributed by atoms with Gasteiger partial charge in [-0.05, 0) is 0 Å². The first-order valence-corrected chi connectivity index (χ1v) is 2.47. The first-order chi connectivity index (χ1) is 5.15. The number of rotatable bonds is 3. The van der Waals surface area contributed by atoms with E-state index in [1.807, 2.05) is 0 Å². The standard InChI is InChI=1S/C4H3F5O3/c5-3(6,7)1-12-4(8,9)2(10)11/h1H2,(H,10,11). The highest BCUT2D eigenvalue weighted by Gasteiger charge is 2.44. The van der Waals surface area contributed by atoms with Crippen molar-refractivity contribution in [3.8, 4) is 0 Å². The van der Waals surface area contributed by atoms with E-state index in [0.29, 0.717) is 0 Å². The Morgan fingerprint density at radius 3 is 1.92 bits per heavy atom. The molecule has 0 aromatic carbocycles. The second kappa shape index (κ2) is 3.21. The van der Waals surface area contributed by atoms with E-state index in [2.05, 4.69) is 4.74 Å². The van der Waals surface area contributed by atoms with E-state index in [0.717, 1.165) is 0 Å². The number of aliphatic carboxylic acids is 1. The first kappa shape index (κ1) is 11.1. The maximum Gasteiger partial charge on any atom is 0.456 e. The van der Waals surface area contributed by atoms with Crippen molar-refractivity contribution >= 4 is 5.97 Å². The molecule has 8 heteroatoms. The molecule has 0 spiro atoms. The monoisotopic (exact) mass is 194 g/mol. The summed E-state index contributed by atoms with van der Waals surface area (Å²) in [5, 5.41) is 7.60. The fourth-order valence-corrected chi connectivity index (χ4v) is 0.234. The van der Waals surface area contributed by atoms with Crippen molar-refractivity contribution in [2.75, 3.05) is 6.61 Å². The Balaban J connectivity index is 4.01. The molecule has 0 aliphatic heterocycles. The van der Waals surface area contributed by atoms with Crippen molar-refractivity contribution in [2.45, 2.75) is 12.3 Å². The van der Waals surface area contributed by atoms with Crippen molar-refractivity contribution in [1.29, 1.82) is 0 Å². The lowest BCUT2D eigenvalue weighted by molar-refractivity contribution is -0.283. The average molecular weight is 194 g/mol. The largest absolute Gasteiger partial charge is 0.475 e. The van der Waals surface area contributed by atoms with Gasteiger partial charge in [-0.3, -0.25) is 0 Å². The Morgan fingerprint density at radius 2 is 1.67 bits per heavy atom. The number of carbonyl (C=O) groups is 1. The molecular formula is C4H3F5O3. The third kappa shape index (κ3) is 4.06. The van der Waals surface area contributed by atoms with Gasteiger partial charge in [0.2, 0.25) is 0 Å². The number of carboxylic acid groups (broad SMARTS) is 1. The minimum absolute atomic E-state index is 2.30. The summed E-state index contributed by atoms with van der Waals surface area (Å²) in [4.78, 5) is 9.50. The van der Waals surface area contributed by atoms with Crippen molar-refractivity contribution in [3.05, 3.63) is 0 Å². The molecule has 0 bridgehead atoms. The van der Waals surface area contributed by atoms with Crippen LogP contribution in [0, 0.1) is 0 Å². The van der Waals surface area contributed by atoms with Crippen LogP contribution in [0.2, 0.25) is 0 Å². The van der Waals surface area contributed by atoms with E-state index in [4.69, 9.17) is 5.11 Å². The van der Waals surface area contributed by atoms with Crippen molar-refractivity contribution in [1.82, 2.24) is 0 Å². The molecule has 3 nitrogen and oxygen atoms in total. The van der Waals surface area contributed by atoms with Gasteiger partial charge in [0.15, 0.2) is 0 Å². The zero-order valence-electron chi connectivity index (χ0n) is 5.36. The molecule has 0 aliphatic rings. The Bertz CT molecular complexity index is 174. The minimum Gasteiger partial charge on any atom is -0.475 e. The quantitative estimate of drug-likeness (QED) is 0.687. The number of halogens is 5. The summed E-state index contributed by atoms with van der Waals surface area (Å²) in [5.41, 5.74) is 0. The lowest BCUT2D eigenvalue weighted by Crippen LogP contribution is -2.35. The Morgan fingerprint density at radius 1 is 1.25 bits per heavy atom. The van der Waals surface area contributed by atoms with Gasteiger partial charge in [0.25, 0.3) is 0 Å². The molecule has 0 amide bonds. The molecule has 0 saturated heterocycles.